The Hall–Kier alpha value is -8.17. The third-order valence-electron chi connectivity index (χ3n) is 18.8. The van der Waals surface area contributed by atoms with Gasteiger partial charge in [0.2, 0.25) is 0 Å². The van der Waals surface area contributed by atoms with Crippen LogP contribution >= 0.6 is 11.3 Å². The van der Waals surface area contributed by atoms with Crippen molar-refractivity contribution in [1.29, 1.82) is 0 Å². The van der Waals surface area contributed by atoms with Crippen LogP contribution in [-0.4, -0.2) is 5.71 Å². The molecule has 15 rings (SSSR count). The molecule has 0 bridgehead atoms. The highest BCUT2D eigenvalue weighted by Gasteiger charge is 2.53. The summed E-state index contributed by atoms with van der Waals surface area (Å²) in [6.07, 6.45) is 8.81. The highest BCUT2D eigenvalue weighted by atomic mass is 32.1. The molecule has 0 saturated heterocycles. The molecule has 9 aromatic carbocycles. The smallest absolute Gasteiger partial charge is 0.0725 e. The number of allylic oxidation sites excluding steroid dienone is 4. The Labute approximate surface area is 463 Å². The number of nitrogens with zero attached hydrogens (tertiary/aromatic N) is 1. The molecule has 5 aliphatic rings. The standard InChI is InChI=1S/C76H61NS/c1-5-49-43-63(51-24-10-7-11-25-51)46(2)47(3)74(77-75(49)55-38-39-62-70(45-55)78-69-37-21-33-57(72(62)69)50-22-8-6-9-23-50)54-28-20-27-52(42-54)64-44-53-26-12-13-29-56(53)60-40-41-68-73(71(60)48(64)4)61-32-16-19-36-67(61)76(68)65-34-17-14-30-58(65)59-31-15-18-35-66(59)76/h6-37,39-42,45,47-48,55,64H,5,38,43-44H2,1-4H3/b63-46-,75-49-,77-74?. The van der Waals surface area contributed by atoms with Gasteiger partial charge in [0, 0.05) is 32.2 Å². The van der Waals surface area contributed by atoms with Gasteiger partial charge in [0.1, 0.15) is 0 Å². The van der Waals surface area contributed by atoms with E-state index in [1.54, 1.807) is 0 Å². The van der Waals surface area contributed by atoms with Crippen LogP contribution in [0.25, 0.3) is 72.3 Å². The molecule has 10 aromatic rings. The highest BCUT2D eigenvalue weighted by molar-refractivity contribution is 7.17. The quantitative estimate of drug-likeness (QED) is 0.157. The molecule has 0 saturated carbocycles. The molecule has 1 aromatic heterocycles. The van der Waals surface area contributed by atoms with Crippen molar-refractivity contribution >= 4 is 44.9 Å². The zero-order chi connectivity index (χ0) is 52.2. The minimum Gasteiger partial charge on any atom is -0.256 e. The first-order valence-corrected chi connectivity index (χ1v) is 29.2. The van der Waals surface area contributed by atoms with Gasteiger partial charge in [-0.1, -0.05) is 239 Å². The fourth-order valence-corrected chi connectivity index (χ4v) is 16.3. The molecule has 0 radical (unpaired) electrons. The highest BCUT2D eigenvalue weighted by Crippen LogP contribution is 2.65. The van der Waals surface area contributed by atoms with Crippen molar-refractivity contribution in [3.05, 3.63) is 289 Å². The summed E-state index contributed by atoms with van der Waals surface area (Å²) in [6, 6.07) is 80.6. The number of benzene rings is 9. The van der Waals surface area contributed by atoms with Crippen LogP contribution in [-0.2, 0) is 11.8 Å². The molecule has 0 fully saturated rings. The first-order chi connectivity index (χ1) is 38.4. The Morgan fingerprint density at radius 3 is 1.91 bits per heavy atom. The van der Waals surface area contributed by atoms with Crippen LogP contribution in [0.2, 0.25) is 0 Å². The van der Waals surface area contributed by atoms with E-state index in [1.165, 1.54) is 143 Å². The molecule has 4 unspecified atom stereocenters. The lowest BCUT2D eigenvalue weighted by Crippen LogP contribution is -2.26. The van der Waals surface area contributed by atoms with Gasteiger partial charge >= 0.3 is 0 Å². The second-order valence-corrected chi connectivity index (χ2v) is 23.7. The Morgan fingerprint density at radius 1 is 0.564 bits per heavy atom. The average Bonchev–Trinajstić information content (AvgIpc) is 3.53. The Morgan fingerprint density at radius 2 is 1.18 bits per heavy atom. The third-order valence-corrected chi connectivity index (χ3v) is 20.0. The maximum Gasteiger partial charge on any atom is 0.0725 e. The van der Waals surface area contributed by atoms with Crippen LogP contribution in [0.1, 0.15) is 109 Å². The Kier molecular flexibility index (Phi) is 11.2. The fraction of sp³-hybridized carbons (Fsp3) is 0.171. The molecule has 376 valence electrons. The molecule has 4 aliphatic carbocycles. The molecular weight excluding hydrogens is 959 g/mol. The summed E-state index contributed by atoms with van der Waals surface area (Å²) in [6.45, 7) is 9.69. The average molecular weight is 1020 g/mol. The lowest BCUT2D eigenvalue weighted by molar-refractivity contribution is 0.580. The maximum atomic E-state index is 6.09. The van der Waals surface area contributed by atoms with Gasteiger partial charge in [0.05, 0.1) is 11.1 Å². The zero-order valence-corrected chi connectivity index (χ0v) is 45.7. The summed E-state index contributed by atoms with van der Waals surface area (Å²) in [5.74, 6) is 0.652. The third kappa shape index (κ3) is 7.01. The van der Waals surface area contributed by atoms with E-state index in [2.05, 4.69) is 252 Å². The summed E-state index contributed by atoms with van der Waals surface area (Å²) < 4.78 is 2.71. The molecule has 1 aliphatic heterocycles. The molecular formula is C76H61NS. The molecule has 2 heterocycles. The maximum absolute atomic E-state index is 6.09. The molecule has 0 amide bonds. The summed E-state index contributed by atoms with van der Waals surface area (Å²) >= 11 is 1.94. The van der Waals surface area contributed by atoms with E-state index >= 15 is 0 Å². The van der Waals surface area contributed by atoms with Gasteiger partial charge in [-0.2, -0.15) is 0 Å². The van der Waals surface area contributed by atoms with Gasteiger partial charge in [-0.05, 0) is 168 Å². The van der Waals surface area contributed by atoms with Crippen molar-refractivity contribution in [1.82, 2.24) is 0 Å². The minimum absolute atomic E-state index is 0.0888. The lowest BCUT2D eigenvalue weighted by Gasteiger charge is -2.31. The van der Waals surface area contributed by atoms with Gasteiger partial charge < -0.3 is 0 Å². The molecule has 0 N–H and O–H groups in total. The van der Waals surface area contributed by atoms with E-state index < -0.39 is 5.41 Å². The summed E-state index contributed by atoms with van der Waals surface area (Å²) in [4.78, 5) is 6.09. The second-order valence-electron chi connectivity index (χ2n) is 22.6. The predicted octanol–water partition coefficient (Wildman–Crippen LogP) is 18.3. The topological polar surface area (TPSA) is 12.4 Å². The number of thiophene rings is 1. The van der Waals surface area contributed by atoms with Gasteiger partial charge in [0.25, 0.3) is 0 Å². The van der Waals surface area contributed by atoms with Crippen molar-refractivity contribution in [3.8, 4) is 44.5 Å². The molecule has 2 heteroatoms. The number of aliphatic imine (C=N–C) groups is 1. The van der Waals surface area contributed by atoms with Crippen molar-refractivity contribution in [3.63, 3.8) is 0 Å². The van der Waals surface area contributed by atoms with Crippen LogP contribution in [0.15, 0.2) is 234 Å². The molecule has 4 atom stereocenters. The Balaban J connectivity index is 0.900. The van der Waals surface area contributed by atoms with Crippen LogP contribution in [0.5, 0.6) is 0 Å². The Bertz CT molecular complexity index is 4290. The summed E-state index contributed by atoms with van der Waals surface area (Å²) in [7, 11) is 0. The monoisotopic (exact) mass is 1020 g/mol. The number of rotatable bonds is 6. The van der Waals surface area contributed by atoms with E-state index in [1.807, 2.05) is 11.3 Å². The van der Waals surface area contributed by atoms with Crippen LogP contribution in [0.3, 0.4) is 0 Å². The first kappa shape index (κ1) is 47.1. The van der Waals surface area contributed by atoms with Crippen LogP contribution < -0.4 is 9.75 Å². The van der Waals surface area contributed by atoms with Crippen molar-refractivity contribution in [2.45, 2.75) is 70.6 Å². The van der Waals surface area contributed by atoms with E-state index in [4.69, 9.17) is 4.99 Å². The van der Waals surface area contributed by atoms with E-state index in [-0.39, 0.29) is 23.7 Å². The van der Waals surface area contributed by atoms with E-state index in [0.717, 1.165) is 25.7 Å². The van der Waals surface area contributed by atoms with Crippen molar-refractivity contribution in [2.24, 2.45) is 16.8 Å². The molecule has 78 heavy (non-hydrogen) atoms. The number of hydrogen-bond acceptors (Lipinski definition) is 2. The van der Waals surface area contributed by atoms with Crippen molar-refractivity contribution < 1.29 is 0 Å². The minimum atomic E-state index is -0.398. The summed E-state index contributed by atoms with van der Waals surface area (Å²) in [5, 5.41) is 2.75. The molecule has 1 nitrogen and oxygen atoms in total. The normalized spacial score (nSPS) is 21.3. The zero-order valence-electron chi connectivity index (χ0n) is 44.9. The molecule has 1 spiro atoms. The largest absolute Gasteiger partial charge is 0.256 e. The van der Waals surface area contributed by atoms with Gasteiger partial charge in [-0.15, -0.1) is 11.3 Å². The SMILES string of the molecule is CC/C1=C(\C2C=c3sc4cccc(-c5ccccc5)c4c3=CC2)N=C(c2cccc(C3Cc4ccccc4-c4ccc5c(c4C3C)-c3ccccc3C53c4ccccc4-c4ccccc43)c2)C(C)/C(C)=C(\c2ccccc2)C1. The van der Waals surface area contributed by atoms with Gasteiger partial charge in [0.15, 0.2) is 0 Å². The van der Waals surface area contributed by atoms with Crippen LogP contribution in [0, 0.1) is 11.8 Å². The van der Waals surface area contributed by atoms with Gasteiger partial charge in [-0.3, -0.25) is 4.99 Å². The predicted molar refractivity (Wildman–Crippen MR) is 330 cm³/mol. The number of hydrogen-bond donors (Lipinski definition) is 0. The van der Waals surface area contributed by atoms with Crippen LogP contribution in [0.4, 0.5) is 0 Å². The second kappa shape index (κ2) is 18.5. The lowest BCUT2D eigenvalue weighted by atomic mass is 9.69. The van der Waals surface area contributed by atoms with E-state index in [0.29, 0.717) is 0 Å². The summed E-state index contributed by atoms with van der Waals surface area (Å²) in [5.41, 5.74) is 29.5. The first-order valence-electron chi connectivity index (χ1n) is 28.4. The van der Waals surface area contributed by atoms with Gasteiger partial charge in [-0.25, -0.2) is 0 Å². The van der Waals surface area contributed by atoms with E-state index in [9.17, 15) is 0 Å². The van der Waals surface area contributed by atoms with Crippen molar-refractivity contribution in [2.75, 3.05) is 0 Å². The number of fused-ring (bicyclic) bond motifs is 17. The fourth-order valence-electron chi connectivity index (χ4n) is 15.0.